The number of amides is 1. The number of carbonyl (C=O) groups excluding carboxylic acids is 1. The van der Waals surface area contributed by atoms with Crippen molar-refractivity contribution in [1.29, 1.82) is 0 Å². The molecule has 2 heterocycles. The van der Waals surface area contributed by atoms with Crippen LogP contribution in [0.2, 0.25) is 0 Å². The summed E-state index contributed by atoms with van der Waals surface area (Å²) in [6, 6.07) is 14.6. The van der Waals surface area contributed by atoms with Gasteiger partial charge in [0.2, 0.25) is 10.0 Å². The van der Waals surface area contributed by atoms with Crippen molar-refractivity contribution in [1.82, 2.24) is 14.7 Å². The smallest absolute Gasteiger partial charge is 0.264 e. The summed E-state index contributed by atoms with van der Waals surface area (Å²) in [4.78, 5) is 24.5. The van der Waals surface area contributed by atoms with E-state index >= 15 is 0 Å². The van der Waals surface area contributed by atoms with Gasteiger partial charge in [-0.3, -0.25) is 9.79 Å². The van der Waals surface area contributed by atoms with Gasteiger partial charge in [0, 0.05) is 16.8 Å². The Bertz CT molecular complexity index is 1260. The molecule has 0 spiro atoms. The third-order valence-electron chi connectivity index (χ3n) is 4.77. The lowest BCUT2D eigenvalue weighted by atomic mass is 9.92. The molecule has 4 rings (SSSR count). The first-order valence-electron chi connectivity index (χ1n) is 9.27. The summed E-state index contributed by atoms with van der Waals surface area (Å²) in [6.07, 6.45) is 2.63. The van der Waals surface area contributed by atoms with E-state index in [2.05, 4.69) is 35.2 Å². The average molecular weight is 423 g/mol. The monoisotopic (exact) mass is 423 g/mol. The molecule has 0 unspecified atom stereocenters. The Kier molecular flexibility index (Phi) is 4.70. The molecule has 0 radical (unpaired) electrons. The van der Waals surface area contributed by atoms with Gasteiger partial charge < -0.3 is 10.3 Å². The minimum absolute atomic E-state index is 0.251. The standard InChI is InChI=1S/C21H21N5O3S/c1-21(2)15-6-4-5-7-16(15)23-19(25-21)18-22-12-17(24-18)13-8-10-14(11-9-13)20(27)26-30(3,28)29/h4-12H,1-3H3,(H,22,24)(H,23,25)(H,26,27). The first-order valence-corrected chi connectivity index (χ1v) is 11.2. The molecule has 3 N–H and O–H groups in total. The summed E-state index contributed by atoms with van der Waals surface area (Å²) in [5.41, 5.74) is 3.52. The topological polar surface area (TPSA) is 116 Å². The highest BCUT2D eigenvalue weighted by Crippen LogP contribution is 2.35. The molecular formula is C21H21N5O3S. The number of para-hydroxylation sites is 1. The molecule has 0 atom stereocenters. The van der Waals surface area contributed by atoms with Gasteiger partial charge in [-0.15, -0.1) is 0 Å². The number of aromatic nitrogens is 2. The number of H-pyrrole nitrogens is 1. The summed E-state index contributed by atoms with van der Waals surface area (Å²) < 4.78 is 24.4. The molecule has 1 amide bonds. The van der Waals surface area contributed by atoms with Gasteiger partial charge in [0.15, 0.2) is 11.7 Å². The van der Waals surface area contributed by atoms with E-state index in [1.54, 1.807) is 30.5 Å². The molecule has 8 nitrogen and oxygen atoms in total. The molecule has 0 saturated carbocycles. The Balaban J connectivity index is 1.58. The first-order chi connectivity index (χ1) is 14.1. The molecule has 1 aliphatic rings. The number of fused-ring (bicyclic) bond motifs is 1. The number of hydrogen-bond donors (Lipinski definition) is 3. The Morgan fingerprint density at radius 3 is 2.47 bits per heavy atom. The molecule has 0 saturated heterocycles. The minimum Gasteiger partial charge on any atom is -0.337 e. The highest BCUT2D eigenvalue weighted by atomic mass is 32.2. The second kappa shape index (κ2) is 7.10. The van der Waals surface area contributed by atoms with Crippen molar-refractivity contribution in [2.75, 3.05) is 11.6 Å². The number of hydrogen-bond acceptors (Lipinski definition) is 6. The number of anilines is 1. The summed E-state index contributed by atoms with van der Waals surface area (Å²) in [5, 5.41) is 3.33. The first kappa shape index (κ1) is 19.8. The molecule has 1 aliphatic heterocycles. The van der Waals surface area contributed by atoms with E-state index in [0.717, 1.165) is 28.8 Å². The van der Waals surface area contributed by atoms with Crippen LogP contribution in [0.5, 0.6) is 0 Å². The highest BCUT2D eigenvalue weighted by Gasteiger charge is 2.29. The molecule has 30 heavy (non-hydrogen) atoms. The van der Waals surface area contributed by atoms with Crippen LogP contribution in [0, 0.1) is 0 Å². The summed E-state index contributed by atoms with van der Waals surface area (Å²) in [6.45, 7) is 4.10. The van der Waals surface area contributed by atoms with E-state index in [1.807, 2.05) is 22.9 Å². The van der Waals surface area contributed by atoms with Crippen molar-refractivity contribution < 1.29 is 13.2 Å². The van der Waals surface area contributed by atoms with Crippen molar-refractivity contribution >= 4 is 27.5 Å². The molecular weight excluding hydrogens is 402 g/mol. The van der Waals surface area contributed by atoms with E-state index in [0.29, 0.717) is 11.7 Å². The number of aromatic amines is 1. The van der Waals surface area contributed by atoms with Crippen molar-refractivity contribution in [2.45, 2.75) is 19.4 Å². The van der Waals surface area contributed by atoms with Gasteiger partial charge in [0.25, 0.3) is 5.91 Å². The number of nitrogens with one attached hydrogen (secondary N) is 3. The van der Waals surface area contributed by atoms with E-state index in [4.69, 9.17) is 4.99 Å². The van der Waals surface area contributed by atoms with Gasteiger partial charge in [-0.05, 0) is 37.6 Å². The molecule has 0 aliphatic carbocycles. The van der Waals surface area contributed by atoms with Crippen LogP contribution in [-0.4, -0.2) is 36.4 Å². The number of benzene rings is 2. The number of carbonyl (C=O) groups is 1. The third kappa shape index (κ3) is 3.97. The molecule has 9 heteroatoms. The fraction of sp³-hybridized carbons (Fsp3) is 0.190. The maximum absolute atomic E-state index is 11.9. The Morgan fingerprint density at radius 1 is 1.07 bits per heavy atom. The Morgan fingerprint density at radius 2 is 1.77 bits per heavy atom. The van der Waals surface area contributed by atoms with Gasteiger partial charge in [-0.2, -0.15) is 0 Å². The predicted molar refractivity (Wildman–Crippen MR) is 116 cm³/mol. The van der Waals surface area contributed by atoms with Gasteiger partial charge in [0.1, 0.15) is 0 Å². The lowest BCUT2D eigenvalue weighted by Gasteiger charge is -2.30. The van der Waals surface area contributed by atoms with E-state index in [9.17, 15) is 13.2 Å². The van der Waals surface area contributed by atoms with E-state index < -0.39 is 21.5 Å². The third-order valence-corrected chi connectivity index (χ3v) is 5.32. The number of nitrogens with zero attached hydrogens (tertiary/aromatic N) is 2. The number of imidazole rings is 1. The van der Waals surface area contributed by atoms with Crippen LogP contribution in [0.4, 0.5) is 5.69 Å². The zero-order valence-electron chi connectivity index (χ0n) is 16.7. The summed E-state index contributed by atoms with van der Waals surface area (Å²) in [7, 11) is -3.61. The molecule has 1 aromatic heterocycles. The largest absolute Gasteiger partial charge is 0.337 e. The van der Waals surface area contributed by atoms with Crippen molar-refractivity contribution in [3.63, 3.8) is 0 Å². The van der Waals surface area contributed by atoms with Crippen LogP contribution in [0.1, 0.15) is 35.6 Å². The van der Waals surface area contributed by atoms with Crippen molar-refractivity contribution in [2.24, 2.45) is 4.99 Å². The summed E-state index contributed by atoms with van der Waals surface area (Å²) in [5.74, 6) is 0.580. The number of sulfonamides is 1. The van der Waals surface area contributed by atoms with Crippen LogP contribution in [0.3, 0.4) is 0 Å². The van der Waals surface area contributed by atoms with Crippen LogP contribution in [-0.2, 0) is 15.6 Å². The quantitative estimate of drug-likeness (QED) is 0.597. The van der Waals surface area contributed by atoms with Gasteiger partial charge in [-0.1, -0.05) is 30.3 Å². The van der Waals surface area contributed by atoms with Crippen molar-refractivity contribution in [3.05, 3.63) is 71.7 Å². The maximum atomic E-state index is 11.9. The van der Waals surface area contributed by atoms with Crippen molar-refractivity contribution in [3.8, 4) is 11.3 Å². The van der Waals surface area contributed by atoms with Crippen LogP contribution < -0.4 is 10.0 Å². The zero-order valence-corrected chi connectivity index (χ0v) is 17.5. The number of aliphatic imine (C=N–C) groups is 1. The molecule has 0 fully saturated rings. The van der Waals surface area contributed by atoms with Gasteiger partial charge >= 0.3 is 0 Å². The average Bonchev–Trinajstić information content (AvgIpc) is 3.16. The molecule has 2 aromatic carbocycles. The SMILES string of the molecule is CC1(C)N=C(c2ncc(-c3ccc(C(=O)NS(C)(=O)=O)cc3)[nH]2)Nc2ccccc21. The Labute approximate surface area is 174 Å². The van der Waals surface area contributed by atoms with Gasteiger partial charge in [0.05, 0.1) is 23.7 Å². The number of rotatable bonds is 4. The molecule has 154 valence electrons. The van der Waals surface area contributed by atoms with E-state index in [-0.39, 0.29) is 5.56 Å². The lowest BCUT2D eigenvalue weighted by Crippen LogP contribution is -2.29. The lowest BCUT2D eigenvalue weighted by molar-refractivity contribution is 0.0981. The second-order valence-electron chi connectivity index (χ2n) is 7.62. The molecule has 0 bridgehead atoms. The maximum Gasteiger partial charge on any atom is 0.264 e. The zero-order chi connectivity index (χ0) is 21.5. The fourth-order valence-corrected chi connectivity index (χ4v) is 3.80. The van der Waals surface area contributed by atoms with Crippen LogP contribution in [0.15, 0.2) is 59.7 Å². The minimum atomic E-state index is -3.61. The van der Waals surface area contributed by atoms with Crippen LogP contribution in [0.25, 0.3) is 11.3 Å². The predicted octanol–water partition coefficient (Wildman–Crippen LogP) is 2.87. The van der Waals surface area contributed by atoms with Gasteiger partial charge in [-0.25, -0.2) is 18.1 Å². The Hall–Kier alpha value is -3.46. The molecule has 3 aromatic rings. The second-order valence-corrected chi connectivity index (χ2v) is 9.36. The highest BCUT2D eigenvalue weighted by molar-refractivity contribution is 7.89. The van der Waals surface area contributed by atoms with Crippen LogP contribution >= 0.6 is 0 Å². The number of amidine groups is 1. The van der Waals surface area contributed by atoms with E-state index in [1.165, 1.54) is 0 Å². The normalized spacial score (nSPS) is 15.0. The fourth-order valence-electron chi connectivity index (χ4n) is 3.35. The summed E-state index contributed by atoms with van der Waals surface area (Å²) >= 11 is 0.